The van der Waals surface area contributed by atoms with Crippen molar-refractivity contribution in [1.82, 2.24) is 14.3 Å². The molecule has 0 aliphatic carbocycles. The van der Waals surface area contributed by atoms with Crippen LogP contribution < -0.4 is 11.2 Å². The monoisotopic (exact) mass is 348 g/mol. The Morgan fingerprint density at radius 2 is 2.04 bits per heavy atom. The molecule has 4 rings (SSSR count). The van der Waals surface area contributed by atoms with Gasteiger partial charge in [0.1, 0.15) is 17.3 Å². The van der Waals surface area contributed by atoms with E-state index in [4.69, 9.17) is 4.52 Å². The molecule has 0 amide bonds. The van der Waals surface area contributed by atoms with Gasteiger partial charge in [0, 0.05) is 23.9 Å². The summed E-state index contributed by atoms with van der Waals surface area (Å²) in [6.45, 7) is 2.47. The van der Waals surface area contributed by atoms with E-state index in [2.05, 4.69) is 5.16 Å². The molecule has 0 saturated carbocycles. The van der Waals surface area contributed by atoms with Crippen molar-refractivity contribution in [2.24, 2.45) is 0 Å². The van der Waals surface area contributed by atoms with Crippen molar-refractivity contribution < 1.29 is 4.52 Å². The van der Waals surface area contributed by atoms with Gasteiger partial charge in [-0.25, -0.2) is 4.79 Å². The molecule has 0 bridgehead atoms. The zero-order chi connectivity index (χ0) is 18.3. The van der Waals surface area contributed by atoms with Crippen LogP contribution in [0.2, 0.25) is 0 Å². The second-order valence-corrected chi connectivity index (χ2v) is 6.41. The van der Waals surface area contributed by atoms with Crippen LogP contribution in [-0.4, -0.2) is 14.3 Å². The van der Waals surface area contributed by atoms with Crippen molar-refractivity contribution in [1.29, 1.82) is 5.26 Å². The number of benzene rings is 1. The quantitative estimate of drug-likeness (QED) is 0.720. The summed E-state index contributed by atoms with van der Waals surface area (Å²) < 4.78 is 7.87. The number of hydrogen-bond donors (Lipinski definition) is 0. The van der Waals surface area contributed by atoms with E-state index in [0.717, 1.165) is 22.1 Å². The molecule has 0 fully saturated rings. The van der Waals surface area contributed by atoms with Crippen molar-refractivity contribution >= 4 is 0 Å². The Morgan fingerprint density at radius 1 is 1.27 bits per heavy atom. The van der Waals surface area contributed by atoms with Crippen molar-refractivity contribution in [3.63, 3.8) is 0 Å². The molecule has 3 heterocycles. The number of fused-ring (bicyclic) bond motifs is 1. The van der Waals surface area contributed by atoms with Crippen molar-refractivity contribution in [2.75, 3.05) is 0 Å². The van der Waals surface area contributed by atoms with Crippen molar-refractivity contribution in [3.8, 4) is 17.3 Å². The SMILES string of the molecule is Cc1ccc(-c2cc(Cn3c(=O)c(C#N)c4n(c3=O)CCC4)on2)cc1. The zero-order valence-corrected chi connectivity index (χ0v) is 14.2. The van der Waals surface area contributed by atoms with Gasteiger partial charge in [0.15, 0.2) is 5.76 Å². The molecule has 26 heavy (non-hydrogen) atoms. The van der Waals surface area contributed by atoms with E-state index in [1.807, 2.05) is 37.3 Å². The second kappa shape index (κ2) is 6.15. The molecule has 0 atom stereocenters. The lowest BCUT2D eigenvalue weighted by atomic mass is 10.1. The van der Waals surface area contributed by atoms with Crippen LogP contribution in [0.5, 0.6) is 0 Å². The molecular formula is C19H16N4O3. The molecule has 7 nitrogen and oxygen atoms in total. The average Bonchev–Trinajstić information content (AvgIpc) is 3.29. The van der Waals surface area contributed by atoms with Crippen LogP contribution in [0.15, 0.2) is 44.4 Å². The molecular weight excluding hydrogens is 332 g/mol. The Labute approximate surface area is 148 Å². The van der Waals surface area contributed by atoms with Crippen LogP contribution in [0.25, 0.3) is 11.3 Å². The summed E-state index contributed by atoms with van der Waals surface area (Å²) in [6, 6.07) is 11.5. The standard InChI is InChI=1S/C19H16N4O3/c1-12-4-6-13(7-5-12)16-9-14(26-21-16)11-23-18(24)15(10-20)17-3-2-8-22(17)19(23)25/h4-7,9H,2-3,8,11H2,1H3. The molecule has 7 heteroatoms. The molecule has 0 N–H and O–H groups in total. The summed E-state index contributed by atoms with van der Waals surface area (Å²) in [5.41, 5.74) is 2.26. The van der Waals surface area contributed by atoms with E-state index in [1.54, 1.807) is 6.07 Å². The van der Waals surface area contributed by atoms with Gasteiger partial charge in [-0.3, -0.25) is 13.9 Å². The summed E-state index contributed by atoms with van der Waals surface area (Å²) in [7, 11) is 0. The summed E-state index contributed by atoms with van der Waals surface area (Å²) in [4.78, 5) is 25.2. The van der Waals surface area contributed by atoms with Crippen molar-refractivity contribution in [2.45, 2.75) is 32.9 Å². The first-order valence-electron chi connectivity index (χ1n) is 8.37. The Morgan fingerprint density at radius 3 is 2.77 bits per heavy atom. The lowest BCUT2D eigenvalue weighted by Crippen LogP contribution is -2.41. The van der Waals surface area contributed by atoms with Gasteiger partial charge in [-0.1, -0.05) is 35.0 Å². The lowest BCUT2D eigenvalue weighted by molar-refractivity contribution is 0.373. The van der Waals surface area contributed by atoms with Crippen LogP contribution in [0.4, 0.5) is 0 Å². The van der Waals surface area contributed by atoms with E-state index in [-0.39, 0.29) is 12.1 Å². The molecule has 0 unspecified atom stereocenters. The van der Waals surface area contributed by atoms with Crippen LogP contribution in [0, 0.1) is 18.3 Å². The third-order valence-electron chi connectivity index (χ3n) is 4.66. The minimum atomic E-state index is -0.570. The van der Waals surface area contributed by atoms with E-state index >= 15 is 0 Å². The van der Waals surface area contributed by atoms with Crippen molar-refractivity contribution in [3.05, 3.63) is 73.8 Å². The highest BCUT2D eigenvalue weighted by atomic mass is 16.5. The van der Waals surface area contributed by atoms with Gasteiger partial charge in [0.2, 0.25) is 0 Å². The minimum absolute atomic E-state index is 0.0420. The second-order valence-electron chi connectivity index (χ2n) is 6.41. The first kappa shape index (κ1) is 16.1. The number of hydrogen-bond acceptors (Lipinski definition) is 5. The van der Waals surface area contributed by atoms with E-state index < -0.39 is 11.2 Å². The lowest BCUT2D eigenvalue weighted by Gasteiger charge is -2.09. The Hall–Kier alpha value is -3.40. The highest BCUT2D eigenvalue weighted by Gasteiger charge is 2.23. The van der Waals surface area contributed by atoms with E-state index in [9.17, 15) is 14.9 Å². The first-order chi connectivity index (χ1) is 12.6. The van der Waals surface area contributed by atoms with Gasteiger partial charge in [0.05, 0.1) is 6.54 Å². The van der Waals surface area contributed by atoms with Gasteiger partial charge in [-0.15, -0.1) is 0 Å². The Kier molecular flexibility index (Phi) is 3.81. The predicted octanol–water partition coefficient (Wildman–Crippen LogP) is 1.84. The predicted molar refractivity (Wildman–Crippen MR) is 93.8 cm³/mol. The van der Waals surface area contributed by atoms with Gasteiger partial charge in [-0.05, 0) is 19.8 Å². The normalized spacial score (nSPS) is 12.8. The molecule has 1 aliphatic rings. The maximum Gasteiger partial charge on any atom is 0.331 e. The highest BCUT2D eigenvalue weighted by molar-refractivity contribution is 5.59. The number of nitriles is 1. The molecule has 1 aromatic carbocycles. The summed E-state index contributed by atoms with van der Waals surface area (Å²) in [5, 5.41) is 13.3. The fourth-order valence-corrected chi connectivity index (χ4v) is 3.29. The molecule has 2 aromatic heterocycles. The average molecular weight is 348 g/mol. The van der Waals surface area contributed by atoms with Gasteiger partial charge < -0.3 is 4.52 Å². The number of aryl methyl sites for hydroxylation is 1. The minimum Gasteiger partial charge on any atom is -0.359 e. The maximum atomic E-state index is 12.6. The van der Waals surface area contributed by atoms with Gasteiger partial charge in [0.25, 0.3) is 5.56 Å². The van der Waals surface area contributed by atoms with Crippen LogP contribution in [0.3, 0.4) is 0 Å². The Balaban J connectivity index is 1.73. The molecule has 130 valence electrons. The zero-order valence-electron chi connectivity index (χ0n) is 14.2. The number of rotatable bonds is 3. The Bertz CT molecular complexity index is 1140. The number of nitrogens with zero attached hydrogens (tertiary/aromatic N) is 4. The first-order valence-corrected chi connectivity index (χ1v) is 8.37. The third-order valence-corrected chi connectivity index (χ3v) is 4.66. The third kappa shape index (κ3) is 2.56. The molecule has 0 radical (unpaired) electrons. The molecule has 1 aliphatic heterocycles. The largest absolute Gasteiger partial charge is 0.359 e. The molecule has 0 saturated heterocycles. The smallest absolute Gasteiger partial charge is 0.331 e. The summed E-state index contributed by atoms with van der Waals surface area (Å²) in [6.07, 6.45) is 1.33. The van der Waals surface area contributed by atoms with Gasteiger partial charge in [-0.2, -0.15) is 5.26 Å². The van der Waals surface area contributed by atoms with Crippen LogP contribution in [-0.2, 0) is 19.5 Å². The van der Waals surface area contributed by atoms with Crippen LogP contribution in [0.1, 0.15) is 29.0 Å². The molecule has 0 spiro atoms. The topological polar surface area (TPSA) is 93.8 Å². The summed E-state index contributed by atoms with van der Waals surface area (Å²) in [5.74, 6) is 0.391. The highest BCUT2D eigenvalue weighted by Crippen LogP contribution is 2.20. The fraction of sp³-hybridized carbons (Fsp3) is 0.263. The fourth-order valence-electron chi connectivity index (χ4n) is 3.29. The van der Waals surface area contributed by atoms with E-state index in [0.29, 0.717) is 30.1 Å². The van der Waals surface area contributed by atoms with Crippen LogP contribution >= 0.6 is 0 Å². The maximum absolute atomic E-state index is 12.6. The summed E-state index contributed by atoms with van der Waals surface area (Å²) >= 11 is 0. The van der Waals surface area contributed by atoms with E-state index in [1.165, 1.54) is 4.57 Å². The molecule has 3 aromatic rings. The number of aromatic nitrogens is 3. The van der Waals surface area contributed by atoms with Gasteiger partial charge >= 0.3 is 5.69 Å².